The number of likely N-dealkylation sites (N-methyl/N-ethyl adjacent to an activating group) is 2. The van der Waals surface area contributed by atoms with E-state index in [1.807, 2.05) is 7.05 Å². The highest BCUT2D eigenvalue weighted by Gasteiger charge is 2.26. The molecular weight excluding hydrogens is 326 g/mol. The Morgan fingerprint density at radius 1 is 1.32 bits per heavy atom. The number of benzene rings is 1. The Morgan fingerprint density at radius 3 is 2.45 bits per heavy atom. The molecule has 2 rings (SSSR count). The van der Waals surface area contributed by atoms with Gasteiger partial charge in [-0.3, -0.25) is 4.79 Å². The zero-order chi connectivity index (χ0) is 16.5. The van der Waals surface area contributed by atoms with Crippen LogP contribution in [-0.4, -0.2) is 57.4 Å². The lowest BCUT2D eigenvalue weighted by Gasteiger charge is -2.22. The summed E-state index contributed by atoms with van der Waals surface area (Å²) in [4.78, 5) is 16.0. The molecule has 1 aromatic carbocycles. The van der Waals surface area contributed by atoms with E-state index in [0.29, 0.717) is 18.2 Å². The van der Waals surface area contributed by atoms with Crippen LogP contribution in [0.2, 0.25) is 5.02 Å². The molecule has 22 heavy (non-hydrogen) atoms. The van der Waals surface area contributed by atoms with Crippen molar-refractivity contribution in [3.8, 4) is 0 Å². The number of hydrogen-bond donors (Lipinski definition) is 1. The Bertz CT molecular complexity index is 674. The molecule has 1 aliphatic carbocycles. The van der Waals surface area contributed by atoms with E-state index < -0.39 is 10.0 Å². The van der Waals surface area contributed by atoms with Gasteiger partial charge in [0.1, 0.15) is 4.90 Å². The van der Waals surface area contributed by atoms with Crippen molar-refractivity contribution in [1.29, 1.82) is 0 Å². The van der Waals surface area contributed by atoms with Crippen LogP contribution in [0, 0.1) is 0 Å². The van der Waals surface area contributed by atoms with Gasteiger partial charge in [-0.15, -0.1) is 0 Å². The van der Waals surface area contributed by atoms with Gasteiger partial charge in [0, 0.05) is 31.7 Å². The number of rotatable bonds is 6. The number of carbonyl (C=O) groups excluding carboxylic acids is 1. The average Bonchev–Trinajstić information content (AvgIpc) is 3.26. The highest BCUT2D eigenvalue weighted by atomic mass is 35.5. The summed E-state index contributed by atoms with van der Waals surface area (Å²) in [6, 6.07) is 4.67. The molecule has 0 spiro atoms. The third kappa shape index (κ3) is 4.19. The van der Waals surface area contributed by atoms with Gasteiger partial charge >= 0.3 is 0 Å². The lowest BCUT2D eigenvalue weighted by Crippen LogP contribution is -2.35. The Morgan fingerprint density at radius 2 is 1.95 bits per heavy atom. The summed E-state index contributed by atoms with van der Waals surface area (Å²) in [5, 5.41) is 5.00. The van der Waals surface area contributed by atoms with E-state index in [-0.39, 0.29) is 15.8 Å². The van der Waals surface area contributed by atoms with E-state index in [9.17, 15) is 13.2 Å². The van der Waals surface area contributed by atoms with Crippen molar-refractivity contribution in [2.24, 2.45) is 5.14 Å². The zero-order valence-corrected chi connectivity index (χ0v) is 14.2. The monoisotopic (exact) mass is 345 g/mol. The summed E-state index contributed by atoms with van der Waals surface area (Å²) in [6.45, 7) is 1.40. The van der Waals surface area contributed by atoms with Gasteiger partial charge in [0.25, 0.3) is 5.91 Å². The second-order valence-electron chi connectivity index (χ2n) is 5.63. The molecule has 0 atom stereocenters. The highest BCUT2D eigenvalue weighted by Crippen LogP contribution is 2.25. The van der Waals surface area contributed by atoms with Gasteiger partial charge in [-0.05, 0) is 38.1 Å². The van der Waals surface area contributed by atoms with Crippen LogP contribution < -0.4 is 5.14 Å². The Balaban J connectivity index is 2.03. The predicted molar refractivity (Wildman–Crippen MR) is 85.4 cm³/mol. The first-order chi connectivity index (χ1) is 10.2. The molecule has 0 radical (unpaired) electrons. The maximum absolute atomic E-state index is 12.3. The van der Waals surface area contributed by atoms with Crippen LogP contribution in [0.3, 0.4) is 0 Å². The van der Waals surface area contributed by atoms with Crippen LogP contribution in [-0.2, 0) is 10.0 Å². The first-order valence-corrected chi connectivity index (χ1v) is 8.90. The third-order valence-corrected chi connectivity index (χ3v) is 5.18. The number of hydrogen-bond acceptors (Lipinski definition) is 4. The number of primary sulfonamides is 1. The lowest BCUT2D eigenvalue weighted by atomic mass is 10.2. The first-order valence-electron chi connectivity index (χ1n) is 6.98. The number of halogens is 1. The first kappa shape index (κ1) is 17.2. The van der Waals surface area contributed by atoms with Gasteiger partial charge in [0.15, 0.2) is 0 Å². The van der Waals surface area contributed by atoms with Crippen molar-refractivity contribution in [2.75, 3.05) is 27.2 Å². The van der Waals surface area contributed by atoms with Gasteiger partial charge in [0.2, 0.25) is 10.0 Å². The van der Waals surface area contributed by atoms with Crippen molar-refractivity contribution in [3.63, 3.8) is 0 Å². The molecule has 1 fully saturated rings. The molecule has 0 aromatic heterocycles. The summed E-state index contributed by atoms with van der Waals surface area (Å²) in [7, 11) is -0.122. The second kappa shape index (κ2) is 6.54. The van der Waals surface area contributed by atoms with E-state index in [1.165, 1.54) is 31.0 Å². The van der Waals surface area contributed by atoms with Gasteiger partial charge in [0.05, 0.1) is 5.02 Å². The SMILES string of the molecule is CN(CCN(C)C1CC1)C(=O)c1ccc(S(N)(=O)=O)c(Cl)c1. The lowest BCUT2D eigenvalue weighted by molar-refractivity contribution is 0.0781. The zero-order valence-electron chi connectivity index (χ0n) is 12.6. The Hall–Kier alpha value is -1.15. The minimum Gasteiger partial charge on any atom is -0.340 e. The fourth-order valence-corrected chi connectivity index (χ4v) is 3.28. The van der Waals surface area contributed by atoms with Crippen LogP contribution in [0.4, 0.5) is 0 Å². The number of nitrogens with two attached hydrogens (primary N) is 1. The van der Waals surface area contributed by atoms with Crippen molar-refractivity contribution < 1.29 is 13.2 Å². The number of sulfonamides is 1. The molecule has 1 amide bonds. The molecule has 6 nitrogen and oxygen atoms in total. The summed E-state index contributed by atoms with van der Waals surface area (Å²) in [5.41, 5.74) is 0.342. The topological polar surface area (TPSA) is 83.7 Å². The number of amides is 1. The van der Waals surface area contributed by atoms with Crippen molar-refractivity contribution in [2.45, 2.75) is 23.8 Å². The Labute approximate surface area is 135 Å². The van der Waals surface area contributed by atoms with Crippen LogP contribution in [0.25, 0.3) is 0 Å². The smallest absolute Gasteiger partial charge is 0.253 e. The van der Waals surface area contributed by atoms with Gasteiger partial charge < -0.3 is 9.80 Å². The molecular formula is C14H20ClN3O3S. The second-order valence-corrected chi connectivity index (χ2v) is 7.57. The number of carbonyl (C=O) groups is 1. The molecule has 1 saturated carbocycles. The maximum atomic E-state index is 12.3. The van der Waals surface area contributed by atoms with Crippen LogP contribution in [0.15, 0.2) is 23.1 Å². The van der Waals surface area contributed by atoms with E-state index in [1.54, 1.807) is 11.9 Å². The summed E-state index contributed by atoms with van der Waals surface area (Å²) < 4.78 is 22.6. The summed E-state index contributed by atoms with van der Waals surface area (Å²) in [6.07, 6.45) is 2.44. The fourth-order valence-electron chi connectivity index (χ4n) is 2.19. The minimum absolute atomic E-state index is 0.0446. The molecule has 0 bridgehead atoms. The molecule has 0 aliphatic heterocycles. The number of nitrogens with zero attached hydrogens (tertiary/aromatic N) is 2. The molecule has 0 saturated heterocycles. The molecule has 0 unspecified atom stereocenters. The van der Waals surface area contributed by atoms with Crippen molar-refractivity contribution >= 4 is 27.5 Å². The fraction of sp³-hybridized carbons (Fsp3) is 0.500. The van der Waals surface area contributed by atoms with Crippen molar-refractivity contribution in [3.05, 3.63) is 28.8 Å². The summed E-state index contributed by atoms with van der Waals surface area (Å²) in [5.74, 6) is -0.202. The molecule has 1 aromatic rings. The largest absolute Gasteiger partial charge is 0.340 e. The van der Waals surface area contributed by atoms with E-state index in [2.05, 4.69) is 4.90 Å². The normalized spacial score (nSPS) is 15.1. The van der Waals surface area contributed by atoms with E-state index in [0.717, 1.165) is 6.54 Å². The molecule has 122 valence electrons. The van der Waals surface area contributed by atoms with Gasteiger partial charge in [-0.2, -0.15) is 0 Å². The van der Waals surface area contributed by atoms with Crippen LogP contribution >= 0.6 is 11.6 Å². The van der Waals surface area contributed by atoms with Crippen LogP contribution in [0.5, 0.6) is 0 Å². The molecule has 0 heterocycles. The molecule has 1 aliphatic rings. The average molecular weight is 346 g/mol. The van der Waals surface area contributed by atoms with Gasteiger partial charge in [-0.25, -0.2) is 13.6 Å². The molecule has 2 N–H and O–H groups in total. The summed E-state index contributed by atoms with van der Waals surface area (Å²) >= 11 is 5.90. The quantitative estimate of drug-likeness (QED) is 0.838. The minimum atomic E-state index is -3.88. The van der Waals surface area contributed by atoms with E-state index >= 15 is 0 Å². The predicted octanol–water partition coefficient (Wildman–Crippen LogP) is 1.15. The molecule has 8 heteroatoms. The highest BCUT2D eigenvalue weighted by molar-refractivity contribution is 7.89. The third-order valence-electron chi connectivity index (χ3n) is 3.79. The maximum Gasteiger partial charge on any atom is 0.253 e. The van der Waals surface area contributed by atoms with Crippen LogP contribution in [0.1, 0.15) is 23.2 Å². The Kier molecular flexibility index (Phi) is 5.11. The van der Waals surface area contributed by atoms with Gasteiger partial charge in [-0.1, -0.05) is 11.6 Å². The van der Waals surface area contributed by atoms with Crippen molar-refractivity contribution in [1.82, 2.24) is 9.80 Å². The standard InChI is InChI=1S/C14H20ClN3O3S/c1-17(11-4-5-11)7-8-18(2)14(19)10-3-6-13(12(15)9-10)22(16,20)21/h3,6,9,11H,4-5,7-8H2,1-2H3,(H2,16,20,21). The van der Waals surface area contributed by atoms with E-state index in [4.69, 9.17) is 16.7 Å².